The van der Waals surface area contributed by atoms with E-state index in [1.165, 1.54) is 13.0 Å². The van der Waals surface area contributed by atoms with Crippen LogP contribution in [0, 0.1) is 5.82 Å². The molecule has 2 aliphatic heterocycles. The number of halogens is 1. The second-order valence-electron chi connectivity index (χ2n) is 7.93. The van der Waals surface area contributed by atoms with Gasteiger partial charge in [-0.3, -0.25) is 9.89 Å². The smallest absolute Gasteiger partial charge is 0.191 e. The minimum Gasteiger partial charge on any atom is -0.379 e. The number of benzene rings is 1. The predicted octanol–water partition coefficient (Wildman–Crippen LogP) is 2.24. The fraction of sp³-hybridized carbons (Fsp3) is 0.682. The van der Waals surface area contributed by atoms with Gasteiger partial charge in [0.2, 0.25) is 0 Å². The number of hydrogen-bond donors (Lipinski definition) is 2. The Hall–Kier alpha value is -1.70. The van der Waals surface area contributed by atoms with Crippen LogP contribution in [0.15, 0.2) is 29.3 Å². The van der Waals surface area contributed by atoms with Crippen molar-refractivity contribution in [2.24, 2.45) is 4.99 Å². The normalized spacial score (nSPS) is 21.1. The number of rotatable bonds is 7. The van der Waals surface area contributed by atoms with Crippen molar-refractivity contribution < 1.29 is 9.13 Å². The van der Waals surface area contributed by atoms with Crippen molar-refractivity contribution in [2.75, 3.05) is 59.5 Å². The quantitative estimate of drug-likeness (QED) is 0.538. The molecule has 0 bridgehead atoms. The fourth-order valence-electron chi connectivity index (χ4n) is 4.23. The number of nitrogens with one attached hydrogen (secondary N) is 2. The largest absolute Gasteiger partial charge is 0.379 e. The maximum absolute atomic E-state index is 13.4. The maximum atomic E-state index is 13.4. The molecule has 1 atom stereocenters. The van der Waals surface area contributed by atoms with Crippen LogP contribution in [-0.4, -0.2) is 81.3 Å². The Morgan fingerprint density at radius 3 is 2.48 bits per heavy atom. The molecule has 0 radical (unpaired) electrons. The average Bonchev–Trinajstić information content (AvgIpc) is 2.76. The Bertz CT molecular complexity index is 625. The van der Waals surface area contributed by atoms with Crippen molar-refractivity contribution in [3.8, 4) is 0 Å². The minimum atomic E-state index is -0.200. The molecule has 1 aromatic carbocycles. The number of guanidine groups is 1. The fourth-order valence-corrected chi connectivity index (χ4v) is 4.23. The van der Waals surface area contributed by atoms with Gasteiger partial charge in [0.15, 0.2) is 5.96 Å². The first-order chi connectivity index (χ1) is 14.2. The lowest BCUT2D eigenvalue weighted by molar-refractivity contribution is 0.0169. The van der Waals surface area contributed by atoms with Crippen LogP contribution in [0.25, 0.3) is 0 Å². The summed E-state index contributed by atoms with van der Waals surface area (Å²) in [6, 6.07) is 7.47. The van der Waals surface area contributed by atoms with Crippen LogP contribution < -0.4 is 10.6 Å². The first-order valence-electron chi connectivity index (χ1n) is 11.0. The summed E-state index contributed by atoms with van der Waals surface area (Å²) >= 11 is 0. The van der Waals surface area contributed by atoms with E-state index in [0.29, 0.717) is 6.04 Å². The van der Waals surface area contributed by atoms with Crippen molar-refractivity contribution in [3.05, 3.63) is 35.6 Å². The van der Waals surface area contributed by atoms with Crippen LogP contribution in [0.4, 0.5) is 4.39 Å². The Morgan fingerprint density at radius 1 is 1.17 bits per heavy atom. The van der Waals surface area contributed by atoms with Gasteiger partial charge in [-0.05, 0) is 43.5 Å². The molecular weight excluding hydrogens is 369 g/mol. The molecule has 29 heavy (non-hydrogen) atoms. The van der Waals surface area contributed by atoms with E-state index in [2.05, 4.69) is 32.3 Å². The van der Waals surface area contributed by atoms with Crippen LogP contribution in [0.5, 0.6) is 0 Å². The summed E-state index contributed by atoms with van der Waals surface area (Å²) in [5.41, 5.74) is 1.11. The highest BCUT2D eigenvalue weighted by Crippen LogP contribution is 2.21. The number of likely N-dealkylation sites (tertiary alicyclic amines) is 1. The molecule has 2 fully saturated rings. The van der Waals surface area contributed by atoms with E-state index in [1.54, 1.807) is 12.1 Å². The summed E-state index contributed by atoms with van der Waals surface area (Å²) in [5.74, 6) is 0.647. The highest BCUT2D eigenvalue weighted by atomic mass is 19.1. The van der Waals surface area contributed by atoms with E-state index in [1.807, 2.05) is 19.2 Å². The van der Waals surface area contributed by atoms with Crippen molar-refractivity contribution in [1.29, 1.82) is 0 Å². The van der Waals surface area contributed by atoms with Gasteiger partial charge in [-0.1, -0.05) is 19.1 Å². The summed E-state index contributed by atoms with van der Waals surface area (Å²) in [4.78, 5) is 9.38. The molecule has 0 aliphatic carbocycles. The monoisotopic (exact) mass is 405 g/mol. The van der Waals surface area contributed by atoms with Gasteiger partial charge in [-0.15, -0.1) is 0 Å². The van der Waals surface area contributed by atoms with Crippen LogP contribution >= 0.6 is 0 Å². The predicted molar refractivity (Wildman–Crippen MR) is 116 cm³/mol. The molecule has 6 nitrogen and oxygen atoms in total. The second-order valence-corrected chi connectivity index (χ2v) is 7.93. The number of nitrogens with zero attached hydrogens (tertiary/aromatic N) is 3. The number of morpholine rings is 1. The molecular formula is C22H36FN5O. The zero-order valence-corrected chi connectivity index (χ0v) is 17.9. The standard InChI is InChI=1S/C22H36FN5O/c1-3-10-27-11-8-20(9-12-27)26-22(24-2)25-17-21(28-13-15-29-16-14-28)18-4-6-19(23)7-5-18/h4-7,20-21H,3,8-17H2,1-2H3,(H2,24,25,26). The van der Waals surface area contributed by atoms with Crippen molar-refractivity contribution in [3.63, 3.8) is 0 Å². The van der Waals surface area contributed by atoms with Gasteiger partial charge in [0.25, 0.3) is 0 Å². The van der Waals surface area contributed by atoms with Gasteiger partial charge in [0.05, 0.1) is 19.3 Å². The molecule has 0 aromatic heterocycles. The zero-order chi connectivity index (χ0) is 20.5. The Kier molecular flexibility index (Phi) is 8.70. The van der Waals surface area contributed by atoms with Crippen LogP contribution in [-0.2, 0) is 4.74 Å². The first-order valence-corrected chi connectivity index (χ1v) is 11.0. The Labute approximate surface area is 174 Å². The Balaban J connectivity index is 1.56. The topological polar surface area (TPSA) is 52.1 Å². The molecule has 1 unspecified atom stereocenters. The summed E-state index contributed by atoms with van der Waals surface area (Å²) in [7, 11) is 1.82. The van der Waals surface area contributed by atoms with Crippen molar-refractivity contribution in [2.45, 2.75) is 38.3 Å². The second kappa shape index (κ2) is 11.5. The Morgan fingerprint density at radius 2 is 1.86 bits per heavy atom. The molecule has 2 N–H and O–H groups in total. The van der Waals surface area contributed by atoms with Crippen LogP contribution in [0.2, 0.25) is 0 Å². The van der Waals surface area contributed by atoms with E-state index in [9.17, 15) is 4.39 Å². The van der Waals surface area contributed by atoms with Gasteiger partial charge < -0.3 is 20.3 Å². The first kappa shape index (κ1) is 22.0. The minimum absolute atomic E-state index is 0.157. The molecule has 2 aliphatic rings. The van der Waals surface area contributed by atoms with E-state index < -0.39 is 0 Å². The summed E-state index contributed by atoms with van der Waals surface area (Å²) in [6.45, 7) is 9.68. The summed E-state index contributed by atoms with van der Waals surface area (Å²) < 4.78 is 18.9. The van der Waals surface area contributed by atoms with E-state index in [-0.39, 0.29) is 11.9 Å². The third kappa shape index (κ3) is 6.66. The van der Waals surface area contributed by atoms with Crippen LogP contribution in [0.1, 0.15) is 37.8 Å². The van der Waals surface area contributed by atoms with E-state index >= 15 is 0 Å². The van der Waals surface area contributed by atoms with Crippen molar-refractivity contribution >= 4 is 5.96 Å². The third-order valence-corrected chi connectivity index (χ3v) is 5.90. The third-order valence-electron chi connectivity index (χ3n) is 5.90. The molecule has 2 heterocycles. The summed E-state index contributed by atoms with van der Waals surface area (Å²) in [6.07, 6.45) is 3.50. The van der Waals surface area contributed by atoms with E-state index in [4.69, 9.17) is 4.74 Å². The number of piperidine rings is 1. The lowest BCUT2D eigenvalue weighted by Crippen LogP contribution is -2.51. The average molecular weight is 406 g/mol. The molecule has 1 aromatic rings. The van der Waals surface area contributed by atoms with Gasteiger partial charge >= 0.3 is 0 Å². The van der Waals surface area contributed by atoms with Gasteiger partial charge in [0, 0.05) is 45.8 Å². The molecule has 0 amide bonds. The lowest BCUT2D eigenvalue weighted by atomic mass is 10.0. The number of hydrogen-bond acceptors (Lipinski definition) is 4. The molecule has 162 valence electrons. The van der Waals surface area contributed by atoms with Gasteiger partial charge in [-0.2, -0.15) is 0 Å². The highest BCUT2D eigenvalue weighted by Gasteiger charge is 2.24. The summed E-state index contributed by atoms with van der Waals surface area (Å²) in [5, 5.41) is 7.11. The number of aliphatic imine (C=N–C) groups is 1. The molecule has 2 saturated heterocycles. The van der Waals surface area contributed by atoms with E-state index in [0.717, 1.165) is 70.3 Å². The molecule has 0 saturated carbocycles. The SMILES string of the molecule is CCCN1CCC(NC(=NC)NCC(c2ccc(F)cc2)N2CCOCC2)CC1. The highest BCUT2D eigenvalue weighted by molar-refractivity contribution is 5.80. The molecule has 7 heteroatoms. The van der Waals surface area contributed by atoms with Gasteiger partial charge in [-0.25, -0.2) is 4.39 Å². The lowest BCUT2D eigenvalue weighted by Gasteiger charge is -2.36. The van der Waals surface area contributed by atoms with Gasteiger partial charge in [0.1, 0.15) is 5.82 Å². The molecule has 0 spiro atoms. The maximum Gasteiger partial charge on any atom is 0.191 e. The van der Waals surface area contributed by atoms with Crippen molar-refractivity contribution in [1.82, 2.24) is 20.4 Å². The van der Waals surface area contributed by atoms with Crippen LogP contribution in [0.3, 0.4) is 0 Å². The zero-order valence-electron chi connectivity index (χ0n) is 17.9. The number of ether oxygens (including phenoxy) is 1. The molecule has 3 rings (SSSR count).